The summed E-state index contributed by atoms with van der Waals surface area (Å²) in [6.45, 7) is 7.91. The van der Waals surface area contributed by atoms with Crippen LogP contribution in [0.3, 0.4) is 0 Å². The van der Waals surface area contributed by atoms with Crippen molar-refractivity contribution in [1.29, 1.82) is 0 Å². The van der Waals surface area contributed by atoms with Crippen molar-refractivity contribution >= 4 is 0 Å². The van der Waals surface area contributed by atoms with Crippen LogP contribution < -0.4 is 5.32 Å². The number of nitrogens with one attached hydrogen (secondary N) is 1. The van der Waals surface area contributed by atoms with Gasteiger partial charge in [-0.15, -0.1) is 0 Å². The van der Waals surface area contributed by atoms with Gasteiger partial charge in [0.2, 0.25) is 0 Å². The summed E-state index contributed by atoms with van der Waals surface area (Å²) in [5.74, 6) is 3.21. The first kappa shape index (κ1) is 15.1. The third-order valence-corrected chi connectivity index (χ3v) is 9.42. The summed E-state index contributed by atoms with van der Waals surface area (Å²) in [6.07, 6.45) is 18.2. The Labute approximate surface area is 148 Å². The Balaban J connectivity index is 1.36. The Bertz CT molecular complexity index is 500. The van der Waals surface area contributed by atoms with Gasteiger partial charge in [0.05, 0.1) is 0 Å². The van der Waals surface area contributed by atoms with E-state index in [1.165, 1.54) is 57.8 Å². The van der Waals surface area contributed by atoms with E-state index in [1.807, 2.05) is 0 Å². The molecule has 0 heterocycles. The summed E-state index contributed by atoms with van der Waals surface area (Å²) in [5, 5.41) is 4.54. The van der Waals surface area contributed by atoms with E-state index in [2.05, 4.69) is 26.1 Å². The van der Waals surface area contributed by atoms with Gasteiger partial charge in [-0.2, -0.15) is 0 Å². The molecule has 8 aliphatic rings. The highest BCUT2D eigenvalue weighted by Gasteiger charge is 2.65. The molecule has 0 aromatic rings. The van der Waals surface area contributed by atoms with Crippen molar-refractivity contribution in [2.75, 3.05) is 0 Å². The van der Waals surface area contributed by atoms with Crippen LogP contribution in [0.2, 0.25) is 0 Å². The molecule has 134 valence electrons. The topological polar surface area (TPSA) is 12.0 Å². The van der Waals surface area contributed by atoms with Gasteiger partial charge in [-0.05, 0) is 111 Å². The van der Waals surface area contributed by atoms with Crippen molar-refractivity contribution in [1.82, 2.24) is 5.32 Å². The fourth-order valence-electron chi connectivity index (χ4n) is 11.3. The molecule has 1 nitrogen and oxygen atoms in total. The van der Waals surface area contributed by atoms with Crippen molar-refractivity contribution in [3.8, 4) is 0 Å². The molecule has 24 heavy (non-hydrogen) atoms. The summed E-state index contributed by atoms with van der Waals surface area (Å²) in [7, 11) is 0. The molecule has 8 aliphatic carbocycles. The summed E-state index contributed by atoms with van der Waals surface area (Å²) in [4.78, 5) is 0. The van der Waals surface area contributed by atoms with Crippen LogP contribution in [0, 0.1) is 34.0 Å². The molecule has 1 N–H and O–H groups in total. The molecule has 0 aromatic carbocycles. The molecule has 0 aromatic heterocycles. The van der Waals surface area contributed by atoms with Crippen LogP contribution in [0.5, 0.6) is 0 Å². The molecular weight excluding hydrogens is 290 g/mol. The minimum absolute atomic E-state index is 0.485. The fourth-order valence-corrected chi connectivity index (χ4v) is 11.3. The van der Waals surface area contributed by atoms with Gasteiger partial charge in [-0.1, -0.05) is 20.8 Å². The molecule has 0 atom stereocenters. The van der Waals surface area contributed by atoms with E-state index in [1.54, 1.807) is 19.3 Å². The maximum Gasteiger partial charge on any atom is 0.0202 e. The summed E-state index contributed by atoms with van der Waals surface area (Å²) >= 11 is 0. The van der Waals surface area contributed by atoms with Crippen molar-refractivity contribution in [3.05, 3.63) is 0 Å². The molecular formula is C23H37N. The van der Waals surface area contributed by atoms with E-state index >= 15 is 0 Å². The normalized spacial score (nSPS) is 66.4. The van der Waals surface area contributed by atoms with Crippen LogP contribution >= 0.6 is 0 Å². The Hall–Kier alpha value is -0.0400. The Morgan fingerprint density at radius 1 is 0.542 bits per heavy atom. The van der Waals surface area contributed by atoms with Crippen molar-refractivity contribution in [2.24, 2.45) is 34.0 Å². The lowest BCUT2D eigenvalue weighted by Gasteiger charge is -2.71. The van der Waals surface area contributed by atoms with Crippen LogP contribution in [-0.2, 0) is 0 Å². The van der Waals surface area contributed by atoms with Crippen LogP contribution in [0.15, 0.2) is 0 Å². The van der Waals surface area contributed by atoms with E-state index in [0.29, 0.717) is 27.3 Å². The molecule has 0 aliphatic heterocycles. The minimum Gasteiger partial charge on any atom is -0.306 e. The van der Waals surface area contributed by atoms with Gasteiger partial charge in [-0.25, -0.2) is 0 Å². The molecule has 0 radical (unpaired) electrons. The Kier molecular flexibility index (Phi) is 2.57. The first-order valence-electron chi connectivity index (χ1n) is 11.0. The first-order valence-corrected chi connectivity index (χ1v) is 11.0. The monoisotopic (exact) mass is 327 g/mol. The SMILES string of the molecule is CC12CC3(C)CC(C)(C1)CC(NC14CC5CC(CC(C5)C1)C4)(C2)C3. The molecule has 0 saturated heterocycles. The number of hydrogen-bond acceptors (Lipinski definition) is 1. The van der Waals surface area contributed by atoms with Crippen molar-refractivity contribution in [3.63, 3.8) is 0 Å². The lowest BCUT2D eigenvalue weighted by atomic mass is 9.38. The van der Waals surface area contributed by atoms with Crippen molar-refractivity contribution in [2.45, 2.75) is 109 Å². The molecule has 0 amide bonds. The highest BCUT2D eigenvalue weighted by molar-refractivity contribution is 5.20. The molecule has 8 saturated carbocycles. The fraction of sp³-hybridized carbons (Fsp3) is 1.00. The molecule has 8 fully saturated rings. The van der Waals surface area contributed by atoms with E-state index in [9.17, 15) is 0 Å². The van der Waals surface area contributed by atoms with Crippen molar-refractivity contribution < 1.29 is 0 Å². The average Bonchev–Trinajstić information content (AvgIpc) is 2.27. The third kappa shape index (κ3) is 2.03. The van der Waals surface area contributed by atoms with E-state index in [4.69, 9.17) is 0 Å². The van der Waals surface area contributed by atoms with Crippen LogP contribution in [0.4, 0.5) is 0 Å². The van der Waals surface area contributed by atoms with Gasteiger partial charge in [0, 0.05) is 11.1 Å². The van der Waals surface area contributed by atoms with E-state index < -0.39 is 0 Å². The maximum absolute atomic E-state index is 4.54. The molecule has 8 bridgehead atoms. The maximum atomic E-state index is 4.54. The van der Waals surface area contributed by atoms with Gasteiger partial charge in [0.15, 0.2) is 0 Å². The smallest absolute Gasteiger partial charge is 0.0202 e. The zero-order chi connectivity index (χ0) is 16.4. The van der Waals surface area contributed by atoms with Gasteiger partial charge in [0.1, 0.15) is 0 Å². The molecule has 1 heteroatoms. The second kappa shape index (κ2) is 4.10. The molecule has 0 unspecified atom stereocenters. The van der Waals surface area contributed by atoms with Crippen LogP contribution in [0.25, 0.3) is 0 Å². The Morgan fingerprint density at radius 3 is 1.29 bits per heavy atom. The highest BCUT2D eigenvalue weighted by atomic mass is 15.1. The number of rotatable bonds is 2. The summed E-state index contributed by atoms with van der Waals surface area (Å²) in [5.41, 5.74) is 2.89. The highest BCUT2D eigenvalue weighted by Crippen LogP contribution is 2.71. The van der Waals surface area contributed by atoms with Gasteiger partial charge >= 0.3 is 0 Å². The molecule has 0 spiro atoms. The van der Waals surface area contributed by atoms with E-state index in [0.717, 1.165) is 17.8 Å². The van der Waals surface area contributed by atoms with E-state index in [-0.39, 0.29) is 0 Å². The minimum atomic E-state index is 0.485. The second-order valence-corrected chi connectivity index (χ2v) is 13.1. The van der Waals surface area contributed by atoms with Crippen LogP contribution in [-0.4, -0.2) is 11.1 Å². The van der Waals surface area contributed by atoms with Crippen LogP contribution in [0.1, 0.15) is 97.8 Å². The van der Waals surface area contributed by atoms with Gasteiger partial charge in [0.25, 0.3) is 0 Å². The predicted octanol–water partition coefficient (Wildman–Crippen LogP) is 5.68. The largest absolute Gasteiger partial charge is 0.306 e. The lowest BCUT2D eigenvalue weighted by molar-refractivity contribution is -0.173. The summed E-state index contributed by atoms with van der Waals surface area (Å²) in [6, 6.07) is 0. The summed E-state index contributed by atoms with van der Waals surface area (Å²) < 4.78 is 0. The average molecular weight is 328 g/mol. The standard InChI is InChI=1S/C23H37N/c1-19-10-20(2)12-21(3,11-19)15-23(13-19,14-20)24-22-7-16-4-17(8-22)6-18(5-16)9-22/h16-18,24H,4-15H2,1-3H3. The first-order chi connectivity index (χ1) is 11.2. The zero-order valence-electron chi connectivity index (χ0n) is 16.2. The quantitative estimate of drug-likeness (QED) is 0.687. The number of hydrogen-bond donors (Lipinski definition) is 1. The lowest BCUT2D eigenvalue weighted by Crippen LogP contribution is -2.72. The second-order valence-electron chi connectivity index (χ2n) is 13.1. The predicted molar refractivity (Wildman–Crippen MR) is 98.8 cm³/mol. The third-order valence-electron chi connectivity index (χ3n) is 9.42. The molecule has 8 rings (SSSR count). The van der Waals surface area contributed by atoms with Gasteiger partial charge < -0.3 is 5.32 Å². The van der Waals surface area contributed by atoms with Gasteiger partial charge in [-0.3, -0.25) is 0 Å². The Morgan fingerprint density at radius 2 is 0.917 bits per heavy atom. The zero-order valence-corrected chi connectivity index (χ0v) is 16.2.